The number of benzene rings is 3. The first-order valence-corrected chi connectivity index (χ1v) is 34.5. The largest absolute Gasteiger partial charge is 0.483 e. The molecule has 3 aromatic heterocycles. The molecule has 1 N–H and O–H groups in total. The van der Waals surface area contributed by atoms with Gasteiger partial charge in [0.25, 0.3) is 0 Å². The second-order valence-electron chi connectivity index (χ2n) is 26.0. The lowest BCUT2D eigenvalue weighted by Gasteiger charge is -2.39. The number of anilines is 3. The lowest BCUT2D eigenvalue weighted by Crippen LogP contribution is -2.53. The standard InChI is InChI=1S/C24H31ClN4O3.C23H31ClN4O4S.C19H23ClN4O2.ClH/c1-24(2,3)23(31)28-13-11-27(12-14-28)20-16-26-29(18-8-6-7-17(25)15-18)22(30)21(20)32-19-9-4-5-10-19;1-23(2,3)33(30,31)27-13-11-26(12-14-27)20-16-25-28(18-8-6-7-17(24)15-18)22(29)21(20)32-19-9-4-5-10-19;20-14-4-3-5-15(12-14)24-19(25)18(26-16-6-1-2-7-16)17(13-22-24)23-10-8-21-9-11-23;/h6-8,15-16,19H,4-5,9-14H2,1-3H3;6-8,15-16,19H,4-5,9-14H2,1-3H3;3-5,12-13,16,21H,1-2,6-11H2;1H. The Bertz CT molecular complexity index is 3800. The van der Waals surface area contributed by atoms with E-state index in [1.54, 1.807) is 100 Å². The molecule has 21 nitrogen and oxygen atoms in total. The summed E-state index contributed by atoms with van der Waals surface area (Å²) in [6.07, 6.45) is 17.7. The van der Waals surface area contributed by atoms with Gasteiger partial charge in [0.15, 0.2) is 0 Å². The number of rotatable bonds is 13. The molecular weight excluding hydrogens is 1280 g/mol. The molecule has 498 valence electrons. The average molecular weight is 1370 g/mol. The zero-order valence-corrected chi connectivity index (χ0v) is 57.3. The summed E-state index contributed by atoms with van der Waals surface area (Å²) in [7, 11) is -3.41. The van der Waals surface area contributed by atoms with Gasteiger partial charge in [-0.2, -0.15) is 33.6 Å². The predicted octanol–water partition coefficient (Wildman–Crippen LogP) is 10.4. The van der Waals surface area contributed by atoms with Crippen molar-refractivity contribution in [2.75, 3.05) is 93.2 Å². The molecule has 92 heavy (non-hydrogen) atoms. The number of halogens is 4. The summed E-state index contributed by atoms with van der Waals surface area (Å²) >= 11 is 18.3. The zero-order valence-electron chi connectivity index (χ0n) is 53.4. The van der Waals surface area contributed by atoms with Crippen LogP contribution < -0.4 is 50.9 Å². The molecule has 3 aromatic carbocycles. The Labute approximate surface area is 560 Å². The Balaban J connectivity index is 0.000000163. The van der Waals surface area contributed by atoms with Gasteiger partial charge in [-0.25, -0.2) is 8.42 Å². The second kappa shape index (κ2) is 30.8. The number of nitrogens with zero attached hydrogens (tertiary/aromatic N) is 11. The summed E-state index contributed by atoms with van der Waals surface area (Å²) < 4.78 is 49.1. The van der Waals surface area contributed by atoms with E-state index in [9.17, 15) is 27.6 Å². The van der Waals surface area contributed by atoms with Gasteiger partial charge in [-0.1, -0.05) is 73.8 Å². The van der Waals surface area contributed by atoms with Crippen molar-refractivity contribution in [1.29, 1.82) is 0 Å². The van der Waals surface area contributed by atoms with E-state index in [0.717, 1.165) is 109 Å². The number of sulfonamides is 1. The molecule has 0 radical (unpaired) electrons. The minimum absolute atomic E-state index is 0. The highest BCUT2D eigenvalue weighted by atomic mass is 35.5. The first kappa shape index (κ1) is 69.9. The predicted molar refractivity (Wildman–Crippen MR) is 366 cm³/mol. The Morgan fingerprint density at radius 3 is 1.11 bits per heavy atom. The van der Waals surface area contributed by atoms with Gasteiger partial charge in [-0.05, 0) is 152 Å². The summed E-state index contributed by atoms with van der Waals surface area (Å²) in [6, 6.07) is 21.2. The SMILES string of the molecule is CC(C)(C)C(=O)N1CCN(c2cnn(-c3cccc(Cl)c3)c(=O)c2OC2CCCC2)CC1.CC(C)(C)S(=O)(=O)N1CCN(c2cnn(-c3cccc(Cl)c3)c(=O)c2OC2CCCC2)CC1.Cl.O=c1c(OC2CCCC2)c(N2CCNCC2)cnn1-c1cccc(Cl)c1. The summed E-state index contributed by atoms with van der Waals surface area (Å²) in [6.45, 7) is 18.5. The van der Waals surface area contributed by atoms with Crippen molar-refractivity contribution < 1.29 is 27.4 Å². The highest BCUT2D eigenvalue weighted by Crippen LogP contribution is 2.35. The molecule has 0 spiro atoms. The van der Waals surface area contributed by atoms with Crippen molar-refractivity contribution in [3.8, 4) is 34.3 Å². The van der Waals surface area contributed by atoms with Crippen molar-refractivity contribution >= 4 is 80.2 Å². The molecule has 3 aliphatic heterocycles. The third-order valence-corrected chi connectivity index (χ3v) is 20.7. The summed E-state index contributed by atoms with van der Waals surface area (Å²) in [4.78, 5) is 61.0. The van der Waals surface area contributed by atoms with Gasteiger partial charge in [0.2, 0.25) is 33.2 Å². The van der Waals surface area contributed by atoms with E-state index < -0.39 is 20.2 Å². The van der Waals surface area contributed by atoms with Gasteiger partial charge in [-0.15, -0.1) is 12.4 Å². The third kappa shape index (κ3) is 16.7. The van der Waals surface area contributed by atoms with E-state index in [-0.39, 0.29) is 59.1 Å². The number of aromatic nitrogens is 6. The Hall–Kier alpha value is -6.40. The van der Waals surface area contributed by atoms with Gasteiger partial charge in [0, 0.05) is 99.0 Å². The molecule has 3 saturated heterocycles. The highest BCUT2D eigenvalue weighted by molar-refractivity contribution is 7.90. The first-order chi connectivity index (χ1) is 43.5. The number of carbonyl (C=O) groups is 1. The smallest absolute Gasteiger partial charge is 0.316 e. The lowest BCUT2D eigenvalue weighted by atomic mass is 9.94. The molecule has 6 aromatic rings. The van der Waals surface area contributed by atoms with Crippen molar-refractivity contribution in [3.63, 3.8) is 0 Å². The van der Waals surface area contributed by atoms with Crippen molar-refractivity contribution in [3.05, 3.63) is 138 Å². The fraction of sp³-hybridized carbons (Fsp3) is 0.530. The van der Waals surface area contributed by atoms with Crippen molar-refractivity contribution in [1.82, 2.24) is 43.9 Å². The first-order valence-electron chi connectivity index (χ1n) is 31.9. The number of amides is 1. The van der Waals surface area contributed by atoms with Crippen LogP contribution >= 0.6 is 47.2 Å². The van der Waals surface area contributed by atoms with E-state index in [2.05, 4.69) is 30.4 Å². The molecule has 0 unspecified atom stereocenters. The van der Waals surface area contributed by atoms with E-state index in [1.807, 2.05) is 42.7 Å². The Morgan fingerprint density at radius 1 is 0.489 bits per heavy atom. The maximum Gasteiger partial charge on any atom is 0.316 e. The Morgan fingerprint density at radius 2 is 0.804 bits per heavy atom. The van der Waals surface area contributed by atoms with E-state index in [0.29, 0.717) is 107 Å². The number of carbonyl (C=O) groups excluding carboxylic acids is 1. The van der Waals surface area contributed by atoms with Crippen LogP contribution in [0.2, 0.25) is 15.1 Å². The molecule has 0 atom stereocenters. The molecule has 1 amide bonds. The second-order valence-corrected chi connectivity index (χ2v) is 30.0. The molecule has 6 fully saturated rings. The summed E-state index contributed by atoms with van der Waals surface area (Å²) in [5, 5.41) is 18.2. The third-order valence-electron chi connectivity index (χ3n) is 17.4. The van der Waals surface area contributed by atoms with Crippen LogP contribution in [0.15, 0.2) is 106 Å². The van der Waals surface area contributed by atoms with E-state index >= 15 is 0 Å². The van der Waals surface area contributed by atoms with Crippen LogP contribution in [0.5, 0.6) is 17.2 Å². The minimum atomic E-state index is -3.41. The van der Waals surface area contributed by atoms with E-state index in [1.165, 1.54) is 18.4 Å². The zero-order chi connectivity index (χ0) is 64.6. The summed E-state index contributed by atoms with van der Waals surface area (Å²) in [5.41, 5.74) is 2.65. The summed E-state index contributed by atoms with van der Waals surface area (Å²) in [5.74, 6) is 1.16. The molecular formula is C66H86Cl4N12O9S. The Kier molecular flexibility index (Phi) is 23.4. The molecule has 6 heterocycles. The van der Waals surface area contributed by atoms with Gasteiger partial charge in [-0.3, -0.25) is 19.2 Å². The number of hydrogen-bond acceptors (Lipinski definition) is 16. The maximum atomic E-state index is 13.5. The molecule has 3 aliphatic carbocycles. The van der Waals surface area contributed by atoms with Gasteiger partial charge >= 0.3 is 16.7 Å². The monoisotopic (exact) mass is 1360 g/mol. The van der Waals surface area contributed by atoms with Crippen LogP contribution in [0.25, 0.3) is 17.1 Å². The number of hydrogen-bond donors (Lipinski definition) is 1. The molecule has 12 rings (SSSR count). The molecule has 6 aliphatic rings. The molecule has 3 saturated carbocycles. The topological polar surface area (TPSA) is 212 Å². The van der Waals surface area contributed by atoms with Crippen molar-refractivity contribution in [2.24, 2.45) is 5.41 Å². The van der Waals surface area contributed by atoms with Crippen LogP contribution in [-0.2, 0) is 14.8 Å². The van der Waals surface area contributed by atoms with Gasteiger partial charge in [0.05, 0.1) is 58.7 Å². The fourth-order valence-electron chi connectivity index (χ4n) is 12.3. The highest BCUT2D eigenvalue weighted by Gasteiger charge is 2.38. The number of nitrogens with one attached hydrogen (secondary N) is 1. The maximum absolute atomic E-state index is 13.5. The average Bonchev–Trinajstić information content (AvgIpc) is 1.00. The number of ether oxygens (including phenoxy) is 3. The quantitative estimate of drug-likeness (QED) is 0.114. The van der Waals surface area contributed by atoms with Crippen LogP contribution in [0.1, 0.15) is 119 Å². The molecule has 26 heteroatoms. The van der Waals surface area contributed by atoms with Gasteiger partial charge < -0.3 is 39.1 Å². The molecule has 0 bridgehead atoms. The minimum Gasteiger partial charge on any atom is -0.483 e. The number of piperazine rings is 3. The van der Waals surface area contributed by atoms with Crippen LogP contribution in [-0.4, -0.2) is 154 Å². The fourth-order valence-corrected chi connectivity index (χ4v) is 14.2. The van der Waals surface area contributed by atoms with Gasteiger partial charge in [0.1, 0.15) is 17.1 Å². The van der Waals surface area contributed by atoms with Crippen LogP contribution in [0, 0.1) is 5.41 Å². The van der Waals surface area contributed by atoms with E-state index in [4.69, 9.17) is 49.0 Å². The van der Waals surface area contributed by atoms with Crippen LogP contribution in [0.4, 0.5) is 17.1 Å². The lowest BCUT2D eigenvalue weighted by molar-refractivity contribution is -0.139. The van der Waals surface area contributed by atoms with Crippen LogP contribution in [0.3, 0.4) is 0 Å². The van der Waals surface area contributed by atoms with Crippen molar-refractivity contribution in [2.45, 2.75) is 142 Å². The normalized spacial score (nSPS) is 18.0.